The molecular formula is C21H24N2O2. The van der Waals surface area contributed by atoms with E-state index in [9.17, 15) is 9.59 Å². The smallest absolute Gasteiger partial charge is 0.251 e. The second kappa shape index (κ2) is 7.09. The van der Waals surface area contributed by atoms with Gasteiger partial charge in [-0.2, -0.15) is 0 Å². The molecule has 0 aliphatic carbocycles. The number of nitrogens with zero attached hydrogens (tertiary/aromatic N) is 1. The number of carbonyl (C=O) groups excluding carboxylic acids is 2. The molecule has 4 nitrogen and oxygen atoms in total. The van der Waals surface area contributed by atoms with Gasteiger partial charge in [0.15, 0.2) is 0 Å². The van der Waals surface area contributed by atoms with E-state index in [2.05, 4.69) is 30.4 Å². The highest BCUT2D eigenvalue weighted by molar-refractivity contribution is 5.99. The Morgan fingerprint density at radius 3 is 2.68 bits per heavy atom. The summed E-state index contributed by atoms with van der Waals surface area (Å²) in [6.45, 7) is 6.82. The fourth-order valence-electron chi connectivity index (χ4n) is 3.32. The van der Waals surface area contributed by atoms with E-state index in [0.29, 0.717) is 12.0 Å². The van der Waals surface area contributed by atoms with Gasteiger partial charge < -0.3 is 10.2 Å². The third-order valence-corrected chi connectivity index (χ3v) is 4.74. The van der Waals surface area contributed by atoms with E-state index in [1.807, 2.05) is 26.0 Å². The fourth-order valence-corrected chi connectivity index (χ4v) is 3.32. The summed E-state index contributed by atoms with van der Waals surface area (Å²) in [6.07, 6.45) is 1.46. The van der Waals surface area contributed by atoms with Crippen molar-refractivity contribution in [1.29, 1.82) is 0 Å². The molecule has 1 atom stereocenters. The van der Waals surface area contributed by atoms with Crippen molar-refractivity contribution in [1.82, 2.24) is 5.32 Å². The molecule has 1 aliphatic rings. The molecule has 3 rings (SSSR count). The maximum absolute atomic E-state index is 12.7. The van der Waals surface area contributed by atoms with Crippen molar-refractivity contribution >= 4 is 17.5 Å². The van der Waals surface area contributed by atoms with Crippen LogP contribution in [0, 0.1) is 13.8 Å². The summed E-state index contributed by atoms with van der Waals surface area (Å²) < 4.78 is 0. The molecule has 1 fully saturated rings. The molecule has 0 unspecified atom stereocenters. The zero-order valence-corrected chi connectivity index (χ0v) is 15.0. The molecule has 1 heterocycles. The van der Waals surface area contributed by atoms with Crippen molar-refractivity contribution in [3.8, 4) is 0 Å². The molecule has 0 aromatic heterocycles. The molecule has 2 aromatic carbocycles. The minimum atomic E-state index is -0.123. The van der Waals surface area contributed by atoms with Crippen molar-refractivity contribution in [3.63, 3.8) is 0 Å². The van der Waals surface area contributed by atoms with E-state index in [4.69, 9.17) is 0 Å². The molecule has 0 bridgehead atoms. The van der Waals surface area contributed by atoms with Crippen LogP contribution in [0.3, 0.4) is 0 Å². The summed E-state index contributed by atoms with van der Waals surface area (Å²) in [5.41, 5.74) is 4.84. The van der Waals surface area contributed by atoms with Crippen LogP contribution >= 0.6 is 0 Å². The summed E-state index contributed by atoms with van der Waals surface area (Å²) in [5.74, 6) is 0.00298. The summed E-state index contributed by atoms with van der Waals surface area (Å²) >= 11 is 0. The standard InChI is InChI=1S/C21H24N2O2/c1-14-9-10-15(2)19(12-14)16(3)22-21(25)17-6-4-7-18(13-17)23-11-5-8-20(23)24/h4,6-7,9-10,12-13,16H,5,8,11H2,1-3H3,(H,22,25)/t16-/m0/s1. The predicted molar refractivity (Wildman–Crippen MR) is 99.8 cm³/mol. The van der Waals surface area contributed by atoms with Crippen LogP contribution in [0.1, 0.15) is 52.9 Å². The number of aryl methyl sites for hydroxylation is 2. The summed E-state index contributed by atoms with van der Waals surface area (Å²) in [6, 6.07) is 13.5. The fraction of sp³-hybridized carbons (Fsp3) is 0.333. The van der Waals surface area contributed by atoms with Gasteiger partial charge in [0.25, 0.3) is 5.91 Å². The van der Waals surface area contributed by atoms with Gasteiger partial charge in [-0.3, -0.25) is 9.59 Å². The van der Waals surface area contributed by atoms with Crippen molar-refractivity contribution in [3.05, 3.63) is 64.7 Å². The van der Waals surface area contributed by atoms with Gasteiger partial charge >= 0.3 is 0 Å². The van der Waals surface area contributed by atoms with Crippen LogP contribution < -0.4 is 10.2 Å². The van der Waals surface area contributed by atoms with Crippen molar-refractivity contribution in [2.24, 2.45) is 0 Å². The number of hydrogen-bond donors (Lipinski definition) is 1. The summed E-state index contributed by atoms with van der Waals surface area (Å²) in [4.78, 5) is 26.3. The van der Waals surface area contributed by atoms with E-state index in [-0.39, 0.29) is 17.9 Å². The van der Waals surface area contributed by atoms with Crippen LogP contribution in [0.2, 0.25) is 0 Å². The lowest BCUT2D eigenvalue weighted by Gasteiger charge is -2.19. The average molecular weight is 336 g/mol. The number of rotatable bonds is 4. The Morgan fingerprint density at radius 1 is 1.16 bits per heavy atom. The van der Waals surface area contributed by atoms with E-state index < -0.39 is 0 Å². The normalized spacial score (nSPS) is 15.3. The number of nitrogens with one attached hydrogen (secondary N) is 1. The van der Waals surface area contributed by atoms with Gasteiger partial charge in [-0.1, -0.05) is 29.8 Å². The largest absolute Gasteiger partial charge is 0.346 e. The molecule has 25 heavy (non-hydrogen) atoms. The van der Waals surface area contributed by atoms with E-state index in [0.717, 1.165) is 29.8 Å². The van der Waals surface area contributed by atoms with E-state index in [1.54, 1.807) is 17.0 Å². The molecule has 2 amide bonds. The van der Waals surface area contributed by atoms with Crippen LogP contribution in [0.25, 0.3) is 0 Å². The van der Waals surface area contributed by atoms with E-state index >= 15 is 0 Å². The Hall–Kier alpha value is -2.62. The number of benzene rings is 2. The molecule has 130 valence electrons. The van der Waals surface area contributed by atoms with Crippen molar-refractivity contribution in [2.75, 3.05) is 11.4 Å². The predicted octanol–water partition coefficient (Wildman–Crippen LogP) is 3.92. The van der Waals surface area contributed by atoms with Crippen molar-refractivity contribution < 1.29 is 9.59 Å². The highest BCUT2D eigenvalue weighted by Gasteiger charge is 2.22. The maximum atomic E-state index is 12.7. The second-order valence-corrected chi connectivity index (χ2v) is 6.75. The maximum Gasteiger partial charge on any atom is 0.251 e. The van der Waals surface area contributed by atoms with Crippen molar-refractivity contribution in [2.45, 2.75) is 39.7 Å². The third-order valence-electron chi connectivity index (χ3n) is 4.74. The average Bonchev–Trinajstić information content (AvgIpc) is 3.03. The van der Waals surface area contributed by atoms with Crippen LogP contribution in [0.4, 0.5) is 5.69 Å². The first-order valence-electron chi connectivity index (χ1n) is 8.74. The van der Waals surface area contributed by atoms with Gasteiger partial charge in [-0.25, -0.2) is 0 Å². The highest BCUT2D eigenvalue weighted by atomic mass is 16.2. The minimum Gasteiger partial charge on any atom is -0.346 e. The first-order valence-corrected chi connectivity index (χ1v) is 8.74. The third kappa shape index (κ3) is 3.73. The summed E-state index contributed by atoms with van der Waals surface area (Å²) in [5, 5.41) is 3.07. The number of amides is 2. The lowest BCUT2D eigenvalue weighted by molar-refractivity contribution is -0.117. The van der Waals surface area contributed by atoms with Crippen LogP contribution in [-0.2, 0) is 4.79 Å². The minimum absolute atomic E-state index is 0.0792. The van der Waals surface area contributed by atoms with Crippen LogP contribution in [-0.4, -0.2) is 18.4 Å². The van der Waals surface area contributed by atoms with Gasteiger partial charge in [-0.15, -0.1) is 0 Å². The molecule has 0 spiro atoms. The Kier molecular flexibility index (Phi) is 4.88. The number of carbonyl (C=O) groups is 2. The number of hydrogen-bond acceptors (Lipinski definition) is 2. The Balaban J connectivity index is 1.77. The SMILES string of the molecule is Cc1ccc(C)c([C@H](C)NC(=O)c2cccc(N3CCCC3=O)c2)c1. The van der Waals surface area contributed by atoms with E-state index in [1.165, 1.54) is 5.56 Å². The molecule has 1 aliphatic heterocycles. The first kappa shape index (κ1) is 17.2. The quantitative estimate of drug-likeness (QED) is 0.920. The Bertz CT molecular complexity index is 813. The van der Waals surface area contributed by atoms with Gasteiger partial charge in [0.05, 0.1) is 6.04 Å². The topological polar surface area (TPSA) is 49.4 Å². The Morgan fingerprint density at radius 2 is 1.96 bits per heavy atom. The molecule has 1 saturated heterocycles. The monoisotopic (exact) mass is 336 g/mol. The molecule has 1 N–H and O–H groups in total. The molecule has 2 aromatic rings. The molecular weight excluding hydrogens is 312 g/mol. The molecule has 4 heteroatoms. The van der Waals surface area contributed by atoms with Gasteiger partial charge in [-0.05, 0) is 56.5 Å². The van der Waals surface area contributed by atoms with Crippen LogP contribution in [0.15, 0.2) is 42.5 Å². The van der Waals surface area contributed by atoms with Gasteiger partial charge in [0.2, 0.25) is 5.91 Å². The zero-order valence-electron chi connectivity index (χ0n) is 15.0. The Labute approximate surface area is 148 Å². The second-order valence-electron chi connectivity index (χ2n) is 6.75. The highest BCUT2D eigenvalue weighted by Crippen LogP contribution is 2.23. The van der Waals surface area contributed by atoms with Gasteiger partial charge in [0.1, 0.15) is 0 Å². The number of anilines is 1. The van der Waals surface area contributed by atoms with Gasteiger partial charge in [0, 0.05) is 24.2 Å². The zero-order chi connectivity index (χ0) is 18.0. The molecule has 0 saturated carbocycles. The lowest BCUT2D eigenvalue weighted by atomic mass is 9.99. The van der Waals surface area contributed by atoms with Crippen LogP contribution in [0.5, 0.6) is 0 Å². The lowest BCUT2D eigenvalue weighted by Crippen LogP contribution is -2.28. The molecule has 0 radical (unpaired) electrons. The first-order chi connectivity index (χ1) is 12.0. The summed E-state index contributed by atoms with van der Waals surface area (Å²) in [7, 11) is 0.